The molecule has 2 aromatic heterocycles. The van der Waals surface area contributed by atoms with Crippen molar-refractivity contribution in [2.45, 2.75) is 33.2 Å². The van der Waals surface area contributed by atoms with E-state index in [1.54, 1.807) is 0 Å². The molecule has 1 saturated heterocycles. The normalized spacial score (nSPS) is 14.5. The number of nitrogens with zero attached hydrogens (tertiary/aromatic N) is 5. The predicted molar refractivity (Wildman–Crippen MR) is 131 cm³/mol. The number of morpholine rings is 1. The van der Waals surface area contributed by atoms with E-state index < -0.39 is 0 Å². The zero-order chi connectivity index (χ0) is 23.5. The summed E-state index contributed by atoms with van der Waals surface area (Å²) < 4.78 is 13.3. The van der Waals surface area contributed by atoms with E-state index in [0.717, 1.165) is 91.7 Å². The second-order valence-corrected chi connectivity index (χ2v) is 8.85. The van der Waals surface area contributed by atoms with E-state index in [2.05, 4.69) is 38.9 Å². The maximum atomic E-state index is 9.06. The molecule has 0 N–H and O–H groups in total. The molecule has 5 rings (SSSR count). The summed E-state index contributed by atoms with van der Waals surface area (Å²) in [6, 6.07) is 16.5. The summed E-state index contributed by atoms with van der Waals surface area (Å²) >= 11 is 0. The molecule has 7 heteroatoms. The van der Waals surface area contributed by atoms with Crippen molar-refractivity contribution in [2.24, 2.45) is 0 Å². The van der Waals surface area contributed by atoms with Crippen LogP contribution in [0.3, 0.4) is 0 Å². The first kappa shape index (κ1) is 22.3. The maximum absolute atomic E-state index is 9.06. The number of rotatable bonds is 7. The molecule has 0 amide bonds. The average molecular weight is 456 g/mol. The lowest BCUT2D eigenvalue weighted by molar-refractivity contribution is 0.0364. The van der Waals surface area contributed by atoms with Crippen LogP contribution in [-0.2, 0) is 24.1 Å². The SMILES string of the molecule is Cc1noc(C)c1-c1ccc2c(c1)nc(CCc1ccc(C#N)cc1)n2CCN1CCOCC1. The molecule has 0 atom stereocenters. The summed E-state index contributed by atoms with van der Waals surface area (Å²) in [5.41, 5.74) is 7.07. The third-order valence-corrected chi connectivity index (χ3v) is 6.61. The van der Waals surface area contributed by atoms with Gasteiger partial charge in [-0.2, -0.15) is 5.26 Å². The van der Waals surface area contributed by atoms with Crippen molar-refractivity contribution in [3.63, 3.8) is 0 Å². The van der Waals surface area contributed by atoms with Crippen LogP contribution in [-0.4, -0.2) is 52.5 Å². The smallest absolute Gasteiger partial charge is 0.141 e. The first-order valence-corrected chi connectivity index (χ1v) is 11.8. The number of ether oxygens (including phenoxy) is 1. The van der Waals surface area contributed by atoms with E-state index in [0.29, 0.717) is 5.56 Å². The van der Waals surface area contributed by atoms with Gasteiger partial charge in [-0.1, -0.05) is 23.4 Å². The third kappa shape index (κ3) is 4.60. The number of fused-ring (bicyclic) bond motifs is 1. The second-order valence-electron chi connectivity index (χ2n) is 8.85. The van der Waals surface area contributed by atoms with Crippen LogP contribution >= 0.6 is 0 Å². The lowest BCUT2D eigenvalue weighted by Gasteiger charge is -2.27. The summed E-state index contributed by atoms with van der Waals surface area (Å²) in [7, 11) is 0. The maximum Gasteiger partial charge on any atom is 0.141 e. The van der Waals surface area contributed by atoms with Gasteiger partial charge in [-0.05, 0) is 55.7 Å². The van der Waals surface area contributed by atoms with E-state index in [9.17, 15) is 0 Å². The fourth-order valence-electron chi connectivity index (χ4n) is 4.74. The molecule has 0 bridgehead atoms. The zero-order valence-electron chi connectivity index (χ0n) is 19.8. The molecule has 7 nitrogen and oxygen atoms in total. The molecular weight excluding hydrogens is 426 g/mol. The van der Waals surface area contributed by atoms with Crippen LogP contribution in [0.25, 0.3) is 22.2 Å². The Morgan fingerprint density at radius 1 is 1.00 bits per heavy atom. The Bertz CT molecular complexity index is 1300. The number of aryl methyl sites for hydroxylation is 4. The molecule has 0 aliphatic carbocycles. The molecule has 34 heavy (non-hydrogen) atoms. The Kier molecular flexibility index (Phi) is 6.43. The van der Waals surface area contributed by atoms with E-state index in [1.807, 2.05) is 38.1 Å². The van der Waals surface area contributed by atoms with Crippen LogP contribution in [0.15, 0.2) is 47.0 Å². The van der Waals surface area contributed by atoms with Gasteiger partial charge in [-0.15, -0.1) is 0 Å². The first-order valence-electron chi connectivity index (χ1n) is 11.8. The predicted octanol–water partition coefficient (Wildman–Crippen LogP) is 4.30. The molecule has 4 aromatic rings. The highest BCUT2D eigenvalue weighted by molar-refractivity contribution is 5.83. The number of benzene rings is 2. The molecule has 1 fully saturated rings. The monoisotopic (exact) mass is 455 g/mol. The van der Waals surface area contributed by atoms with Gasteiger partial charge >= 0.3 is 0 Å². The standard InChI is InChI=1S/C27H29N5O2/c1-19-27(20(2)34-30-19)23-8-9-25-24(17-23)29-26(10-7-21-3-5-22(18-28)6-4-21)32(25)12-11-31-13-15-33-16-14-31/h3-6,8-9,17H,7,10-16H2,1-2H3. The van der Waals surface area contributed by atoms with Crippen LogP contribution in [0.4, 0.5) is 0 Å². The number of hydrogen-bond donors (Lipinski definition) is 0. The second kappa shape index (κ2) is 9.80. The largest absolute Gasteiger partial charge is 0.379 e. The Morgan fingerprint density at radius 3 is 2.50 bits per heavy atom. The van der Waals surface area contributed by atoms with Gasteiger partial charge in [0.15, 0.2) is 0 Å². The minimum Gasteiger partial charge on any atom is -0.379 e. The summed E-state index contributed by atoms with van der Waals surface area (Å²) in [6.07, 6.45) is 1.72. The highest BCUT2D eigenvalue weighted by Gasteiger charge is 2.17. The number of imidazole rings is 1. The molecule has 1 aliphatic heterocycles. The van der Waals surface area contributed by atoms with Crippen LogP contribution in [0, 0.1) is 25.2 Å². The van der Waals surface area contributed by atoms with Crippen LogP contribution < -0.4 is 0 Å². The molecule has 2 aromatic carbocycles. The fraction of sp³-hybridized carbons (Fsp3) is 0.370. The molecule has 3 heterocycles. The topological polar surface area (TPSA) is 80.1 Å². The van der Waals surface area contributed by atoms with E-state index in [4.69, 9.17) is 19.5 Å². The quantitative estimate of drug-likeness (QED) is 0.413. The van der Waals surface area contributed by atoms with E-state index in [1.165, 1.54) is 5.56 Å². The minimum atomic E-state index is 0.688. The zero-order valence-corrected chi connectivity index (χ0v) is 19.8. The Balaban J connectivity index is 1.45. The van der Waals surface area contributed by atoms with Gasteiger partial charge in [0.1, 0.15) is 11.6 Å². The summed E-state index contributed by atoms with van der Waals surface area (Å²) in [5.74, 6) is 1.91. The van der Waals surface area contributed by atoms with E-state index in [-0.39, 0.29) is 0 Å². The molecular formula is C27H29N5O2. The van der Waals surface area contributed by atoms with Gasteiger partial charge in [-0.25, -0.2) is 4.98 Å². The molecule has 0 saturated carbocycles. The van der Waals surface area contributed by atoms with Gasteiger partial charge in [-0.3, -0.25) is 4.90 Å². The summed E-state index contributed by atoms with van der Waals surface area (Å²) in [4.78, 5) is 7.53. The highest BCUT2D eigenvalue weighted by Crippen LogP contribution is 2.30. The Morgan fingerprint density at radius 2 is 1.79 bits per heavy atom. The number of aromatic nitrogens is 3. The van der Waals surface area contributed by atoms with Gasteiger partial charge in [0.25, 0.3) is 0 Å². The number of nitriles is 1. The lowest BCUT2D eigenvalue weighted by Crippen LogP contribution is -2.38. The van der Waals surface area contributed by atoms with Crippen LogP contribution in [0.5, 0.6) is 0 Å². The van der Waals surface area contributed by atoms with Crippen molar-refractivity contribution in [3.8, 4) is 17.2 Å². The molecule has 174 valence electrons. The van der Waals surface area contributed by atoms with Crippen molar-refractivity contribution in [1.29, 1.82) is 5.26 Å². The molecule has 0 spiro atoms. The summed E-state index contributed by atoms with van der Waals surface area (Å²) in [6.45, 7) is 9.35. The third-order valence-electron chi connectivity index (χ3n) is 6.61. The molecule has 0 unspecified atom stereocenters. The Hall–Kier alpha value is -3.47. The van der Waals surface area contributed by atoms with Gasteiger partial charge in [0, 0.05) is 38.2 Å². The minimum absolute atomic E-state index is 0.688. The number of hydrogen-bond acceptors (Lipinski definition) is 6. The average Bonchev–Trinajstić information content (AvgIpc) is 3.40. The van der Waals surface area contributed by atoms with Gasteiger partial charge in [0.2, 0.25) is 0 Å². The lowest BCUT2D eigenvalue weighted by atomic mass is 10.0. The summed E-state index contributed by atoms with van der Waals surface area (Å²) in [5, 5.41) is 13.2. The van der Waals surface area contributed by atoms with Crippen molar-refractivity contribution in [1.82, 2.24) is 19.6 Å². The van der Waals surface area contributed by atoms with Crippen molar-refractivity contribution >= 4 is 11.0 Å². The first-order chi connectivity index (χ1) is 16.6. The Labute approximate surface area is 199 Å². The molecule has 1 aliphatic rings. The van der Waals surface area contributed by atoms with Crippen molar-refractivity contribution in [3.05, 3.63) is 70.9 Å². The van der Waals surface area contributed by atoms with Crippen molar-refractivity contribution < 1.29 is 9.26 Å². The molecule has 0 radical (unpaired) electrons. The van der Waals surface area contributed by atoms with Crippen LogP contribution in [0.1, 0.15) is 28.4 Å². The van der Waals surface area contributed by atoms with Gasteiger partial charge in [0.05, 0.1) is 41.6 Å². The van der Waals surface area contributed by atoms with Crippen LogP contribution in [0.2, 0.25) is 0 Å². The van der Waals surface area contributed by atoms with Gasteiger partial charge < -0.3 is 13.8 Å². The highest BCUT2D eigenvalue weighted by atomic mass is 16.5. The fourth-order valence-corrected chi connectivity index (χ4v) is 4.74. The van der Waals surface area contributed by atoms with E-state index >= 15 is 0 Å². The van der Waals surface area contributed by atoms with Crippen molar-refractivity contribution in [2.75, 3.05) is 32.8 Å².